The van der Waals surface area contributed by atoms with Crippen molar-refractivity contribution in [2.24, 2.45) is 0 Å². The van der Waals surface area contributed by atoms with Gasteiger partial charge in [-0.2, -0.15) is 12.1 Å². The smallest absolute Gasteiger partial charge is 0.0276 e. The van der Waals surface area contributed by atoms with Crippen LogP contribution in [-0.4, -0.2) is 5.43 Å². The second kappa shape index (κ2) is 17.1. The molecule has 45 heavy (non-hydrogen) atoms. The first-order chi connectivity index (χ1) is 20.3. The number of benzene rings is 4. The molecule has 6 rings (SSSR count). The maximum atomic E-state index is 2.35. The first-order valence-corrected chi connectivity index (χ1v) is 21.6. The van der Waals surface area contributed by atoms with Crippen LogP contribution in [0.3, 0.4) is 0 Å². The van der Waals surface area contributed by atoms with Gasteiger partial charge in [-0.05, 0) is 67.0 Å². The van der Waals surface area contributed by atoms with Crippen molar-refractivity contribution in [2.75, 3.05) is 0 Å². The number of halogens is 2. The van der Waals surface area contributed by atoms with Crippen LogP contribution < -0.4 is 24.8 Å². The van der Waals surface area contributed by atoms with Gasteiger partial charge < -0.3 is 24.8 Å². The van der Waals surface area contributed by atoms with Gasteiger partial charge in [-0.15, -0.1) is 68.6 Å². The van der Waals surface area contributed by atoms with Crippen molar-refractivity contribution in [3.05, 3.63) is 130 Å². The fourth-order valence-corrected chi connectivity index (χ4v) is 5.50. The van der Waals surface area contributed by atoms with Gasteiger partial charge in [0.25, 0.3) is 0 Å². The fraction of sp³-hybridized carbons (Fsp3) is 0.268. The van der Waals surface area contributed by atoms with Crippen LogP contribution in [0.25, 0.3) is 43.8 Å². The van der Waals surface area contributed by atoms with Crippen LogP contribution in [0.1, 0.15) is 58.7 Å². The van der Waals surface area contributed by atoms with E-state index in [0.717, 1.165) is 0 Å². The maximum absolute atomic E-state index is 2.35. The van der Waals surface area contributed by atoms with Gasteiger partial charge >= 0.3 is 41.9 Å². The molecule has 0 saturated heterocycles. The van der Waals surface area contributed by atoms with Crippen molar-refractivity contribution < 1.29 is 48.1 Å². The monoisotopic (exact) mass is 726 g/mol. The molecular formula is C41H46Cl2SiZr-2. The van der Waals surface area contributed by atoms with Gasteiger partial charge in [-0.25, -0.2) is 0 Å². The van der Waals surface area contributed by atoms with Gasteiger partial charge in [-0.3, -0.25) is 0 Å². The molecule has 0 radical (unpaired) electrons. The molecule has 6 aromatic rings. The molecule has 0 fully saturated rings. The predicted octanol–water partition coefficient (Wildman–Crippen LogP) is 6.22. The van der Waals surface area contributed by atoms with Gasteiger partial charge in [0.1, 0.15) is 0 Å². The van der Waals surface area contributed by atoms with E-state index in [9.17, 15) is 0 Å². The Morgan fingerprint density at radius 3 is 1.60 bits per heavy atom. The molecule has 0 heterocycles. The van der Waals surface area contributed by atoms with E-state index in [4.69, 9.17) is 0 Å². The minimum Gasteiger partial charge on any atom is -1.00 e. The van der Waals surface area contributed by atoms with Crippen LogP contribution >= 0.6 is 0 Å². The molecule has 234 valence electrons. The quantitative estimate of drug-likeness (QED) is 0.150. The average Bonchev–Trinajstić information content (AvgIpc) is 3.57. The SMILES string of the molecule is C[Si](C)=[Zr+2].Cc1cc2c(-c3ccc(C)c(C)c3)ccc(C)c2[cH-]1.Cc1ccc(-c2cccc3[cH-]c(C(C)C)cc23)cc1C.[Cl-].[Cl-]. The van der Waals surface area contributed by atoms with Crippen molar-refractivity contribution in [3.63, 3.8) is 0 Å². The van der Waals surface area contributed by atoms with Gasteiger partial charge in [0.05, 0.1) is 0 Å². The summed E-state index contributed by atoms with van der Waals surface area (Å²) in [7, 11) is 0. The molecule has 0 bridgehead atoms. The maximum Gasteiger partial charge on any atom is -0.0276 e. The molecular weight excluding hydrogens is 683 g/mol. The number of rotatable bonds is 3. The zero-order valence-corrected chi connectivity index (χ0v) is 33.5. The van der Waals surface area contributed by atoms with Crippen molar-refractivity contribution in [2.45, 2.75) is 74.4 Å². The van der Waals surface area contributed by atoms with Crippen LogP contribution in [0.4, 0.5) is 0 Å². The third kappa shape index (κ3) is 9.65. The number of hydrogen-bond acceptors (Lipinski definition) is 0. The Bertz CT molecular complexity index is 1900. The van der Waals surface area contributed by atoms with E-state index in [0.29, 0.717) is 5.92 Å². The Morgan fingerprint density at radius 2 is 1.09 bits per heavy atom. The summed E-state index contributed by atoms with van der Waals surface area (Å²) in [6, 6.07) is 33.8. The summed E-state index contributed by atoms with van der Waals surface area (Å²) in [6.45, 7) is 22.2. The molecule has 0 aliphatic carbocycles. The van der Waals surface area contributed by atoms with E-state index in [2.05, 4.69) is 159 Å². The summed E-state index contributed by atoms with van der Waals surface area (Å²) in [5.74, 6) is 0.579. The van der Waals surface area contributed by atoms with Crippen molar-refractivity contribution in [1.82, 2.24) is 0 Å². The van der Waals surface area contributed by atoms with E-state index in [1.807, 2.05) is 0 Å². The van der Waals surface area contributed by atoms with E-state index in [-0.39, 0.29) is 30.2 Å². The third-order valence-corrected chi connectivity index (χ3v) is 8.32. The summed E-state index contributed by atoms with van der Waals surface area (Å²) in [5, 5.41) is 5.48. The van der Waals surface area contributed by atoms with Crippen molar-refractivity contribution in [1.29, 1.82) is 0 Å². The second-order valence-electron chi connectivity index (χ2n) is 12.6. The van der Waals surface area contributed by atoms with Gasteiger partial charge in [-0.1, -0.05) is 87.4 Å². The summed E-state index contributed by atoms with van der Waals surface area (Å²) >= 11 is 1.74. The average molecular weight is 729 g/mol. The number of hydrogen-bond donors (Lipinski definition) is 0. The summed E-state index contributed by atoms with van der Waals surface area (Å²) in [6.07, 6.45) is 0. The van der Waals surface area contributed by atoms with Gasteiger partial charge in [0, 0.05) is 0 Å². The molecule has 0 nitrogen and oxygen atoms in total. The van der Waals surface area contributed by atoms with Gasteiger partial charge in [0.15, 0.2) is 0 Å². The third-order valence-electron chi connectivity index (χ3n) is 8.32. The van der Waals surface area contributed by atoms with Gasteiger partial charge in [0.2, 0.25) is 0 Å². The normalized spacial score (nSPS) is 10.4. The van der Waals surface area contributed by atoms with Crippen LogP contribution in [0.5, 0.6) is 0 Å². The molecule has 0 aliphatic heterocycles. The Hall–Kier alpha value is -2.22. The molecule has 0 aromatic heterocycles. The molecule has 0 N–H and O–H groups in total. The number of aryl methyl sites for hydroxylation is 6. The minimum absolute atomic E-state index is 0. The fourth-order valence-electron chi connectivity index (χ4n) is 5.50. The Morgan fingerprint density at radius 1 is 0.578 bits per heavy atom. The zero-order chi connectivity index (χ0) is 31.4. The molecule has 0 amide bonds. The first kappa shape index (κ1) is 39.0. The van der Waals surface area contributed by atoms with Crippen LogP contribution in [-0.2, 0) is 23.3 Å². The van der Waals surface area contributed by atoms with Crippen molar-refractivity contribution >= 4 is 27.0 Å². The van der Waals surface area contributed by atoms with E-state index in [1.165, 1.54) is 82.7 Å². The summed E-state index contributed by atoms with van der Waals surface area (Å²) < 4.78 is 0. The minimum atomic E-state index is 0. The molecule has 6 aromatic carbocycles. The molecule has 0 saturated carbocycles. The van der Waals surface area contributed by atoms with Crippen LogP contribution in [0, 0.1) is 41.5 Å². The summed E-state index contributed by atoms with van der Waals surface area (Å²) in [4.78, 5) is 0. The first-order valence-electron chi connectivity index (χ1n) is 15.4. The van der Waals surface area contributed by atoms with E-state index < -0.39 is 0 Å². The zero-order valence-electron chi connectivity index (χ0n) is 28.5. The summed E-state index contributed by atoms with van der Waals surface area (Å²) in [5.41, 5.74) is 15.1. The Labute approximate surface area is 299 Å². The Balaban J connectivity index is 0.000000270. The van der Waals surface area contributed by atoms with Crippen LogP contribution in [0.15, 0.2) is 91.0 Å². The number of fused-ring (bicyclic) bond motifs is 2. The van der Waals surface area contributed by atoms with Crippen LogP contribution in [0.2, 0.25) is 13.1 Å². The molecule has 4 heteroatoms. The Kier molecular flexibility index (Phi) is 14.8. The molecule has 0 atom stereocenters. The molecule has 0 spiro atoms. The standard InChI is InChI=1S/C20H21.C19H19.C2H6Si.2ClH.Zr/c1-13(2)18-11-16-6-5-7-19(20(16)12-18)17-9-8-14(3)15(4)10-17;1-12-9-18-14(3)6-8-17(19(18)10-12)16-7-5-13(2)15(4)11-16;1-3-2;;;/h5-13H,1-4H3;5-11H,1-4H3;1-2H3;2*1H;/q2*-1;;;;+2/p-2. The van der Waals surface area contributed by atoms with E-state index >= 15 is 0 Å². The predicted molar refractivity (Wildman–Crippen MR) is 190 cm³/mol. The topological polar surface area (TPSA) is 0 Å². The molecule has 0 aliphatic rings. The van der Waals surface area contributed by atoms with E-state index in [1.54, 1.807) is 23.3 Å². The van der Waals surface area contributed by atoms with Crippen molar-refractivity contribution in [3.8, 4) is 22.3 Å². The largest absolute Gasteiger partial charge is 1.00 e. The second-order valence-corrected chi connectivity index (χ2v) is 22.0. The molecule has 0 unspecified atom stereocenters.